The minimum atomic E-state index is 1.35. The van der Waals surface area contributed by atoms with Crippen LogP contribution in [0.15, 0.2) is 29.6 Å². The van der Waals surface area contributed by atoms with Crippen molar-refractivity contribution in [1.29, 1.82) is 0 Å². The lowest BCUT2D eigenvalue weighted by atomic mass is 10.7. The van der Waals surface area contributed by atoms with E-state index in [0.717, 1.165) is 0 Å². The largest absolute Gasteiger partial charge is 0.138 e. The lowest BCUT2D eigenvalue weighted by Crippen LogP contribution is -1.39. The van der Waals surface area contributed by atoms with E-state index in [2.05, 4.69) is 91.4 Å². The average Bonchev–Trinajstić information content (AvgIpc) is 2.64. The summed E-state index contributed by atoms with van der Waals surface area (Å²) in [5, 5.41) is 2.07. The third-order valence-corrected chi connectivity index (χ3v) is 5.51. The van der Waals surface area contributed by atoms with E-state index in [1.54, 1.807) is 11.3 Å². The number of hydrogen-bond acceptors (Lipinski definition) is 2. The third-order valence-electron chi connectivity index (χ3n) is 1.03. The van der Waals surface area contributed by atoms with Gasteiger partial charge in [0.2, 0.25) is 0 Å². The Morgan fingerprint density at radius 1 is 0.846 bits per heavy atom. The Balaban J connectivity index is 0.000000132. The molecule has 0 spiro atoms. The topological polar surface area (TPSA) is 0 Å². The van der Waals surface area contributed by atoms with Crippen molar-refractivity contribution in [3.8, 4) is 0 Å². The SMILES string of the molecule is Ic1ccc(I)s1.Ic1cccs1. The van der Waals surface area contributed by atoms with Gasteiger partial charge in [0.1, 0.15) is 0 Å². The highest BCUT2D eigenvalue weighted by Gasteiger charge is 1.87. The van der Waals surface area contributed by atoms with E-state index in [9.17, 15) is 0 Å². The smallest absolute Gasteiger partial charge is 0.0664 e. The Hall–Kier alpha value is 1.59. The van der Waals surface area contributed by atoms with E-state index in [1.165, 1.54) is 8.65 Å². The molecular formula is C8H5I3S2. The molecule has 0 aliphatic rings. The van der Waals surface area contributed by atoms with E-state index in [1.807, 2.05) is 17.4 Å². The first-order valence-corrected chi connectivity index (χ1v) is 8.21. The fraction of sp³-hybridized carbons (Fsp3) is 0. The quantitative estimate of drug-likeness (QED) is 0.394. The second-order valence-corrected chi connectivity index (χ2v) is 9.67. The Kier molecular flexibility index (Phi) is 6.78. The molecule has 2 rings (SSSR count). The lowest BCUT2D eigenvalue weighted by Gasteiger charge is -1.67. The Labute approximate surface area is 127 Å². The summed E-state index contributed by atoms with van der Waals surface area (Å²) in [6.45, 7) is 0. The van der Waals surface area contributed by atoms with Gasteiger partial charge in [-0.15, -0.1) is 22.7 Å². The molecule has 0 aromatic carbocycles. The molecule has 5 heteroatoms. The van der Waals surface area contributed by atoms with Crippen LogP contribution in [0.25, 0.3) is 0 Å². The second-order valence-electron chi connectivity index (χ2n) is 1.96. The van der Waals surface area contributed by atoms with Crippen LogP contribution >= 0.6 is 90.4 Å². The summed E-state index contributed by atoms with van der Waals surface area (Å²) < 4.78 is 4.08. The number of thiophene rings is 2. The molecule has 0 saturated carbocycles. The Morgan fingerprint density at radius 3 is 1.62 bits per heavy atom. The molecule has 0 aliphatic carbocycles. The zero-order valence-electron chi connectivity index (χ0n) is 6.34. The molecule has 0 saturated heterocycles. The van der Waals surface area contributed by atoms with Crippen molar-refractivity contribution in [2.24, 2.45) is 0 Å². The molecule has 0 nitrogen and oxygen atoms in total. The lowest BCUT2D eigenvalue weighted by molar-refractivity contribution is 1.93. The van der Waals surface area contributed by atoms with E-state index in [-0.39, 0.29) is 0 Å². The predicted octanol–water partition coefficient (Wildman–Crippen LogP) is 5.31. The van der Waals surface area contributed by atoms with Gasteiger partial charge in [0.15, 0.2) is 0 Å². The first-order valence-electron chi connectivity index (χ1n) is 3.28. The highest BCUT2D eigenvalue weighted by atomic mass is 127. The zero-order valence-corrected chi connectivity index (χ0v) is 14.4. The van der Waals surface area contributed by atoms with E-state index >= 15 is 0 Å². The maximum absolute atomic E-state index is 2.31. The summed E-state index contributed by atoms with van der Waals surface area (Å²) in [6.07, 6.45) is 0. The van der Waals surface area contributed by atoms with Gasteiger partial charge in [0, 0.05) is 0 Å². The van der Waals surface area contributed by atoms with E-state index in [4.69, 9.17) is 0 Å². The van der Waals surface area contributed by atoms with Crippen LogP contribution in [-0.2, 0) is 0 Å². The van der Waals surface area contributed by atoms with Crippen LogP contribution in [0.5, 0.6) is 0 Å². The van der Waals surface area contributed by atoms with Crippen molar-refractivity contribution in [3.63, 3.8) is 0 Å². The van der Waals surface area contributed by atoms with E-state index in [0.29, 0.717) is 0 Å². The molecule has 0 bridgehead atoms. The van der Waals surface area contributed by atoms with Gasteiger partial charge in [0.05, 0.1) is 8.65 Å². The van der Waals surface area contributed by atoms with Crippen molar-refractivity contribution < 1.29 is 0 Å². The predicted molar refractivity (Wildman–Crippen MR) is 86.8 cm³/mol. The van der Waals surface area contributed by atoms with E-state index < -0.39 is 0 Å². The first kappa shape index (κ1) is 12.7. The summed E-state index contributed by atoms with van der Waals surface area (Å²) in [6, 6.07) is 8.37. The first-order chi connectivity index (χ1) is 6.18. The van der Waals surface area contributed by atoms with Crippen LogP contribution in [0.2, 0.25) is 0 Å². The summed E-state index contributed by atoms with van der Waals surface area (Å²) >= 11 is 10.5. The average molecular weight is 546 g/mol. The van der Waals surface area contributed by atoms with Gasteiger partial charge < -0.3 is 0 Å². The van der Waals surface area contributed by atoms with Gasteiger partial charge in [-0.3, -0.25) is 0 Å². The highest BCUT2D eigenvalue weighted by Crippen LogP contribution is 2.19. The Morgan fingerprint density at radius 2 is 1.46 bits per heavy atom. The fourth-order valence-electron chi connectivity index (χ4n) is 0.551. The molecule has 0 unspecified atom stereocenters. The van der Waals surface area contributed by atoms with Crippen LogP contribution in [0.3, 0.4) is 0 Å². The summed E-state index contributed by atoms with van der Waals surface area (Å²) in [4.78, 5) is 0. The highest BCUT2D eigenvalue weighted by molar-refractivity contribution is 14.1. The van der Waals surface area contributed by atoms with Gasteiger partial charge in [-0.1, -0.05) is 6.07 Å². The van der Waals surface area contributed by atoms with Crippen molar-refractivity contribution in [2.45, 2.75) is 0 Å². The van der Waals surface area contributed by atoms with Gasteiger partial charge in [-0.05, 0) is 91.4 Å². The van der Waals surface area contributed by atoms with Gasteiger partial charge >= 0.3 is 0 Å². The minimum Gasteiger partial charge on any atom is -0.138 e. The van der Waals surface area contributed by atoms with Gasteiger partial charge in [-0.2, -0.15) is 0 Å². The van der Waals surface area contributed by atoms with Gasteiger partial charge in [0.25, 0.3) is 0 Å². The maximum atomic E-state index is 2.31. The molecule has 2 heterocycles. The molecule has 0 fully saturated rings. The summed E-state index contributed by atoms with van der Waals surface area (Å²) in [5.74, 6) is 0. The zero-order chi connectivity index (χ0) is 9.68. The molecule has 0 aliphatic heterocycles. The summed E-state index contributed by atoms with van der Waals surface area (Å²) in [7, 11) is 0. The molecule has 13 heavy (non-hydrogen) atoms. The van der Waals surface area contributed by atoms with Gasteiger partial charge in [-0.25, -0.2) is 0 Å². The summed E-state index contributed by atoms with van der Waals surface area (Å²) in [5.41, 5.74) is 0. The Bertz CT molecular complexity index is 323. The monoisotopic (exact) mass is 546 g/mol. The van der Waals surface area contributed by atoms with Crippen LogP contribution in [0.4, 0.5) is 0 Å². The number of halogens is 3. The molecule has 2 aromatic heterocycles. The molecule has 0 atom stereocenters. The third kappa shape index (κ3) is 5.90. The fourth-order valence-corrected chi connectivity index (χ4v) is 5.15. The molecular weight excluding hydrogens is 541 g/mol. The molecule has 0 amide bonds. The van der Waals surface area contributed by atoms with Crippen molar-refractivity contribution in [2.75, 3.05) is 0 Å². The van der Waals surface area contributed by atoms with Crippen LogP contribution in [-0.4, -0.2) is 0 Å². The second kappa shape index (κ2) is 6.96. The van der Waals surface area contributed by atoms with Crippen molar-refractivity contribution in [3.05, 3.63) is 38.3 Å². The minimum absolute atomic E-state index is 1.35. The molecule has 2 aromatic rings. The standard InChI is InChI=1S/C4H2I2S.C4H3IS/c5-3-1-2-4(6)7-3;5-4-2-1-3-6-4/h1-2H;1-3H. The molecule has 70 valence electrons. The van der Waals surface area contributed by atoms with Crippen molar-refractivity contribution >= 4 is 90.4 Å². The maximum Gasteiger partial charge on any atom is 0.0664 e. The number of hydrogen-bond donors (Lipinski definition) is 0. The molecule has 0 radical (unpaired) electrons. The normalized spacial score (nSPS) is 9.15. The van der Waals surface area contributed by atoms with Crippen LogP contribution in [0, 0.1) is 8.65 Å². The van der Waals surface area contributed by atoms with Crippen LogP contribution in [0.1, 0.15) is 0 Å². The molecule has 0 N–H and O–H groups in total. The van der Waals surface area contributed by atoms with Crippen LogP contribution < -0.4 is 0 Å². The number of rotatable bonds is 0. The van der Waals surface area contributed by atoms with Crippen molar-refractivity contribution in [1.82, 2.24) is 0 Å².